The largest absolute Gasteiger partial charge is 0.390 e. The van der Waals surface area contributed by atoms with Crippen LogP contribution in [0.4, 0.5) is 0 Å². The van der Waals surface area contributed by atoms with Gasteiger partial charge in [-0.25, -0.2) is 0 Å². The van der Waals surface area contributed by atoms with E-state index in [1.165, 1.54) is 18.4 Å². The monoisotopic (exact) mass is 300 g/mol. The quantitative estimate of drug-likeness (QED) is 0.566. The van der Waals surface area contributed by atoms with Crippen LogP contribution in [0.2, 0.25) is 0 Å². The van der Waals surface area contributed by atoms with Crippen molar-refractivity contribution in [2.45, 2.75) is 63.3 Å². The second-order valence-electron chi connectivity index (χ2n) is 6.85. The summed E-state index contributed by atoms with van der Waals surface area (Å²) in [5, 5.41) is 10.2. The van der Waals surface area contributed by atoms with Crippen molar-refractivity contribution in [1.29, 1.82) is 0 Å². The number of hydrogen-bond donors (Lipinski definition) is 1. The minimum Gasteiger partial charge on any atom is -0.390 e. The Labute approximate surface area is 114 Å². The Hall–Kier alpha value is 0.180. The number of rotatable bonds is 1. The third-order valence-corrected chi connectivity index (χ3v) is 6.78. The molecule has 0 saturated heterocycles. The Bertz CT molecular complexity index is 317. The number of aliphatic hydroxyl groups is 1. The molecule has 1 N–H and O–H groups in total. The van der Waals surface area contributed by atoms with Crippen LogP contribution < -0.4 is 0 Å². The summed E-state index contributed by atoms with van der Waals surface area (Å²) in [7, 11) is 0. The zero-order chi connectivity index (χ0) is 12.8. The van der Waals surface area contributed by atoms with E-state index in [1.54, 1.807) is 0 Å². The number of hydrogen-bond acceptors (Lipinski definition) is 1. The van der Waals surface area contributed by atoms with E-state index in [2.05, 4.69) is 29.4 Å². The fourth-order valence-corrected chi connectivity index (χ4v) is 4.57. The first-order valence-corrected chi connectivity index (χ1v) is 7.71. The first kappa shape index (κ1) is 13.6. The second kappa shape index (κ2) is 4.38. The summed E-state index contributed by atoms with van der Waals surface area (Å²) in [5.74, 6) is 1.01. The predicted molar refractivity (Wildman–Crippen MR) is 76.3 cm³/mol. The molecule has 2 saturated carbocycles. The van der Waals surface area contributed by atoms with Crippen LogP contribution in [0.25, 0.3) is 0 Å². The van der Waals surface area contributed by atoms with Gasteiger partial charge in [-0.3, -0.25) is 0 Å². The van der Waals surface area contributed by atoms with Crippen molar-refractivity contribution < 1.29 is 5.11 Å². The SMILES string of the molecule is C=C1CC[C@@H](Br)[C@]2(C)CC[C@@H](C(C)(C)O)C[C@@H]12. The highest BCUT2D eigenvalue weighted by molar-refractivity contribution is 9.09. The Balaban J connectivity index is 2.21. The summed E-state index contributed by atoms with van der Waals surface area (Å²) < 4.78 is 0. The van der Waals surface area contributed by atoms with Crippen molar-refractivity contribution in [3.63, 3.8) is 0 Å². The summed E-state index contributed by atoms with van der Waals surface area (Å²) in [6.45, 7) is 10.6. The van der Waals surface area contributed by atoms with Gasteiger partial charge in [0.05, 0.1) is 5.60 Å². The van der Waals surface area contributed by atoms with Gasteiger partial charge in [-0.05, 0) is 63.2 Å². The van der Waals surface area contributed by atoms with Gasteiger partial charge in [0.15, 0.2) is 0 Å². The third-order valence-electron chi connectivity index (χ3n) is 5.27. The normalized spacial score (nSPS) is 43.4. The van der Waals surface area contributed by atoms with Crippen LogP contribution in [0, 0.1) is 17.3 Å². The molecule has 17 heavy (non-hydrogen) atoms. The molecule has 2 rings (SSSR count). The lowest BCUT2D eigenvalue weighted by Crippen LogP contribution is -2.48. The standard InChI is InChI=1S/C15H25BrO/c1-10-5-6-13(16)15(4)8-7-11(9-12(10)15)14(2,3)17/h11-13,17H,1,5-9H2,2-4H3/t11-,12+,13-,15-/m1/s1. The molecule has 2 aliphatic rings. The molecule has 0 unspecified atom stereocenters. The Morgan fingerprint density at radius 2 is 2.06 bits per heavy atom. The van der Waals surface area contributed by atoms with E-state index in [4.69, 9.17) is 0 Å². The van der Waals surface area contributed by atoms with Gasteiger partial charge in [0, 0.05) is 4.83 Å². The Morgan fingerprint density at radius 3 is 2.65 bits per heavy atom. The smallest absolute Gasteiger partial charge is 0.0620 e. The second-order valence-corrected chi connectivity index (χ2v) is 7.95. The van der Waals surface area contributed by atoms with E-state index < -0.39 is 5.60 Å². The molecule has 0 radical (unpaired) electrons. The highest BCUT2D eigenvalue weighted by Gasteiger charge is 2.49. The maximum Gasteiger partial charge on any atom is 0.0620 e. The topological polar surface area (TPSA) is 20.2 Å². The Kier molecular flexibility index (Phi) is 3.51. The molecule has 2 aliphatic carbocycles. The fourth-order valence-electron chi connectivity index (χ4n) is 3.80. The molecule has 0 aromatic heterocycles. The van der Waals surface area contributed by atoms with Crippen molar-refractivity contribution in [1.82, 2.24) is 0 Å². The molecular weight excluding hydrogens is 276 g/mol. The van der Waals surface area contributed by atoms with Crippen molar-refractivity contribution in [3.05, 3.63) is 12.2 Å². The molecule has 2 fully saturated rings. The molecule has 0 aliphatic heterocycles. The maximum absolute atomic E-state index is 10.2. The lowest BCUT2D eigenvalue weighted by molar-refractivity contribution is -0.0383. The molecule has 0 amide bonds. The third kappa shape index (κ3) is 2.35. The van der Waals surface area contributed by atoms with Gasteiger partial charge in [0.25, 0.3) is 0 Å². The maximum atomic E-state index is 10.2. The number of allylic oxidation sites excluding steroid dienone is 1. The van der Waals surface area contributed by atoms with E-state index in [0.29, 0.717) is 22.1 Å². The molecule has 4 atom stereocenters. The van der Waals surface area contributed by atoms with Crippen LogP contribution in [0.3, 0.4) is 0 Å². The molecule has 0 aromatic carbocycles. The zero-order valence-electron chi connectivity index (χ0n) is 11.3. The van der Waals surface area contributed by atoms with Crippen LogP contribution >= 0.6 is 15.9 Å². The first-order chi connectivity index (χ1) is 7.75. The highest BCUT2D eigenvalue weighted by Crippen LogP contribution is 2.56. The zero-order valence-corrected chi connectivity index (χ0v) is 12.9. The molecule has 98 valence electrons. The van der Waals surface area contributed by atoms with Crippen LogP contribution in [0.1, 0.15) is 52.9 Å². The molecule has 0 aromatic rings. The number of halogens is 1. The minimum atomic E-state index is -0.541. The lowest BCUT2D eigenvalue weighted by atomic mass is 9.55. The van der Waals surface area contributed by atoms with Crippen molar-refractivity contribution in [2.75, 3.05) is 0 Å². The van der Waals surface area contributed by atoms with E-state index in [9.17, 15) is 5.11 Å². The van der Waals surface area contributed by atoms with Crippen molar-refractivity contribution in [2.24, 2.45) is 17.3 Å². The summed E-state index contributed by atoms with van der Waals surface area (Å²) in [4.78, 5) is 0.619. The predicted octanol–water partition coefficient (Wildman–Crippen LogP) is 4.29. The summed E-state index contributed by atoms with van der Waals surface area (Å²) >= 11 is 3.88. The van der Waals surface area contributed by atoms with Gasteiger partial charge >= 0.3 is 0 Å². The average molecular weight is 301 g/mol. The molecule has 0 heterocycles. The van der Waals surface area contributed by atoms with Crippen molar-refractivity contribution >= 4 is 15.9 Å². The van der Waals surface area contributed by atoms with Crippen LogP contribution in [-0.2, 0) is 0 Å². The van der Waals surface area contributed by atoms with Gasteiger partial charge in [0.1, 0.15) is 0 Å². The summed E-state index contributed by atoms with van der Waals surface area (Å²) in [6, 6.07) is 0. The van der Waals surface area contributed by atoms with E-state index in [1.807, 2.05) is 13.8 Å². The lowest BCUT2D eigenvalue weighted by Gasteiger charge is -2.53. The fraction of sp³-hybridized carbons (Fsp3) is 0.867. The number of fused-ring (bicyclic) bond motifs is 1. The highest BCUT2D eigenvalue weighted by atomic mass is 79.9. The van der Waals surface area contributed by atoms with Crippen LogP contribution in [0.15, 0.2) is 12.2 Å². The minimum absolute atomic E-state index is 0.358. The van der Waals surface area contributed by atoms with Crippen LogP contribution in [0.5, 0.6) is 0 Å². The van der Waals surface area contributed by atoms with E-state index in [-0.39, 0.29) is 0 Å². The van der Waals surface area contributed by atoms with Crippen LogP contribution in [-0.4, -0.2) is 15.5 Å². The number of alkyl halides is 1. The average Bonchev–Trinajstić information content (AvgIpc) is 2.22. The van der Waals surface area contributed by atoms with E-state index in [0.717, 1.165) is 19.3 Å². The van der Waals surface area contributed by atoms with Gasteiger partial charge in [-0.15, -0.1) is 0 Å². The first-order valence-electron chi connectivity index (χ1n) is 6.79. The van der Waals surface area contributed by atoms with Gasteiger partial charge in [0.2, 0.25) is 0 Å². The van der Waals surface area contributed by atoms with Gasteiger partial charge in [-0.2, -0.15) is 0 Å². The molecular formula is C15H25BrO. The molecule has 2 heteroatoms. The summed E-state index contributed by atoms with van der Waals surface area (Å²) in [5.41, 5.74) is 1.23. The van der Waals surface area contributed by atoms with E-state index >= 15 is 0 Å². The molecule has 0 spiro atoms. The van der Waals surface area contributed by atoms with Gasteiger partial charge < -0.3 is 5.11 Å². The summed E-state index contributed by atoms with van der Waals surface area (Å²) in [6.07, 6.45) is 5.84. The van der Waals surface area contributed by atoms with Gasteiger partial charge in [-0.1, -0.05) is 35.0 Å². The van der Waals surface area contributed by atoms with Crippen molar-refractivity contribution in [3.8, 4) is 0 Å². The molecule has 1 nitrogen and oxygen atoms in total. The Morgan fingerprint density at radius 1 is 1.41 bits per heavy atom. The molecule has 0 bridgehead atoms.